The van der Waals surface area contributed by atoms with Gasteiger partial charge in [-0.3, -0.25) is 19.8 Å². The van der Waals surface area contributed by atoms with Gasteiger partial charge in [-0.05, 0) is 49.2 Å². The molecule has 30 heavy (non-hydrogen) atoms. The lowest BCUT2D eigenvalue weighted by Gasteiger charge is -2.20. The van der Waals surface area contributed by atoms with E-state index < -0.39 is 11.3 Å². The number of thioether (sulfide) groups is 1. The van der Waals surface area contributed by atoms with E-state index in [1.807, 2.05) is 50.4 Å². The zero-order valence-corrected chi connectivity index (χ0v) is 18.1. The quantitative estimate of drug-likeness (QED) is 0.648. The Morgan fingerprint density at radius 3 is 2.70 bits per heavy atom. The maximum atomic E-state index is 12.0. The second-order valence-electron chi connectivity index (χ2n) is 7.08. The van der Waals surface area contributed by atoms with Crippen molar-refractivity contribution in [3.63, 3.8) is 0 Å². The molecule has 0 aliphatic carbocycles. The summed E-state index contributed by atoms with van der Waals surface area (Å²) in [6.45, 7) is 4.40. The maximum absolute atomic E-state index is 12.0. The number of aryl methyl sites for hydroxylation is 2. The summed E-state index contributed by atoms with van der Waals surface area (Å²) in [6.07, 6.45) is 3.60. The molecule has 1 amide bonds. The Kier molecular flexibility index (Phi) is 5.74. The highest BCUT2D eigenvalue weighted by Gasteiger charge is 2.32. The minimum Gasteiger partial charge on any atom is -0.367 e. The SMILES string of the molecule is Cc1cc(-c2ncc(CN3N=C(c4cccc(Cl)c4)SC3C(N)=O)cc2C)ccn1. The number of pyridine rings is 2. The molecule has 6 nitrogen and oxygen atoms in total. The molecule has 8 heteroatoms. The number of amides is 1. The molecule has 0 saturated heterocycles. The van der Waals surface area contributed by atoms with Crippen molar-refractivity contribution in [1.29, 1.82) is 0 Å². The monoisotopic (exact) mass is 437 g/mol. The van der Waals surface area contributed by atoms with Crippen LogP contribution in [-0.4, -0.2) is 31.3 Å². The number of carbonyl (C=O) groups excluding carboxylic acids is 1. The topological polar surface area (TPSA) is 84.5 Å². The van der Waals surface area contributed by atoms with Crippen molar-refractivity contribution < 1.29 is 4.79 Å². The van der Waals surface area contributed by atoms with Gasteiger partial charge in [-0.15, -0.1) is 0 Å². The molecule has 1 atom stereocenters. The fourth-order valence-electron chi connectivity index (χ4n) is 3.33. The van der Waals surface area contributed by atoms with Crippen molar-refractivity contribution in [3.05, 3.63) is 82.3 Å². The van der Waals surface area contributed by atoms with Gasteiger partial charge < -0.3 is 5.73 Å². The summed E-state index contributed by atoms with van der Waals surface area (Å²) >= 11 is 7.43. The van der Waals surface area contributed by atoms with Crippen molar-refractivity contribution in [1.82, 2.24) is 15.0 Å². The van der Waals surface area contributed by atoms with E-state index in [2.05, 4.69) is 21.1 Å². The maximum Gasteiger partial charge on any atom is 0.252 e. The largest absolute Gasteiger partial charge is 0.367 e. The van der Waals surface area contributed by atoms with Crippen molar-refractivity contribution in [3.8, 4) is 11.3 Å². The predicted octanol–water partition coefficient (Wildman–Crippen LogP) is 4.14. The van der Waals surface area contributed by atoms with Crippen LogP contribution in [0, 0.1) is 13.8 Å². The average molecular weight is 438 g/mol. The minimum atomic E-state index is -0.582. The second kappa shape index (κ2) is 8.45. The molecule has 2 aromatic heterocycles. The van der Waals surface area contributed by atoms with Crippen LogP contribution in [0.1, 0.15) is 22.4 Å². The first-order chi connectivity index (χ1) is 14.4. The van der Waals surface area contributed by atoms with Gasteiger partial charge in [-0.25, -0.2) is 0 Å². The van der Waals surface area contributed by atoms with E-state index >= 15 is 0 Å². The standard InChI is InChI=1S/C22H20ClN5OS/c1-13-8-15(11-26-19(13)16-6-7-25-14(2)9-16)12-28-22(20(24)29)30-21(27-28)17-4-3-5-18(23)10-17/h3-11,22H,12H2,1-2H3,(H2,24,29). The van der Waals surface area contributed by atoms with Crippen LogP contribution in [0.3, 0.4) is 0 Å². The van der Waals surface area contributed by atoms with E-state index in [9.17, 15) is 4.79 Å². The zero-order chi connectivity index (χ0) is 21.3. The number of halogens is 1. The van der Waals surface area contributed by atoms with Crippen LogP contribution in [0.5, 0.6) is 0 Å². The lowest BCUT2D eigenvalue weighted by atomic mass is 10.1. The van der Waals surface area contributed by atoms with E-state index in [0.717, 1.165) is 38.7 Å². The third-order valence-corrected chi connectivity index (χ3v) is 6.15. The van der Waals surface area contributed by atoms with Gasteiger partial charge in [0, 0.05) is 34.2 Å². The van der Waals surface area contributed by atoms with Gasteiger partial charge in [-0.1, -0.05) is 41.6 Å². The average Bonchev–Trinajstić information content (AvgIpc) is 3.12. The Labute approximate surface area is 184 Å². The first-order valence-electron chi connectivity index (χ1n) is 9.36. The lowest BCUT2D eigenvalue weighted by molar-refractivity contribution is -0.120. The Balaban J connectivity index is 1.60. The van der Waals surface area contributed by atoms with Crippen LogP contribution in [0.25, 0.3) is 11.3 Å². The van der Waals surface area contributed by atoms with Gasteiger partial charge in [0.05, 0.1) is 12.2 Å². The number of primary amides is 1. The molecule has 0 bridgehead atoms. The fourth-order valence-corrected chi connectivity index (χ4v) is 4.51. The van der Waals surface area contributed by atoms with E-state index in [-0.39, 0.29) is 0 Å². The Bertz CT molecular complexity index is 1150. The molecule has 152 valence electrons. The summed E-state index contributed by atoms with van der Waals surface area (Å²) in [6, 6.07) is 13.4. The van der Waals surface area contributed by atoms with Crippen molar-refractivity contribution in [2.45, 2.75) is 25.8 Å². The summed E-state index contributed by atoms with van der Waals surface area (Å²) in [4.78, 5) is 20.9. The van der Waals surface area contributed by atoms with Crippen LogP contribution in [0.15, 0.2) is 60.0 Å². The normalized spacial score (nSPS) is 15.9. The number of nitrogens with two attached hydrogens (primary N) is 1. The molecule has 1 aliphatic rings. The Morgan fingerprint density at radius 2 is 2.00 bits per heavy atom. The molecular formula is C22H20ClN5OS. The van der Waals surface area contributed by atoms with Crippen molar-refractivity contribution in [2.75, 3.05) is 0 Å². The van der Waals surface area contributed by atoms with Gasteiger partial charge >= 0.3 is 0 Å². The van der Waals surface area contributed by atoms with Gasteiger partial charge in [0.25, 0.3) is 5.91 Å². The van der Waals surface area contributed by atoms with Crippen LogP contribution in [0.2, 0.25) is 5.02 Å². The van der Waals surface area contributed by atoms with Crippen molar-refractivity contribution >= 4 is 34.3 Å². The number of rotatable bonds is 5. The number of hydrogen-bond donors (Lipinski definition) is 1. The molecule has 0 fully saturated rings. The van der Waals surface area contributed by atoms with Gasteiger partial charge in [-0.2, -0.15) is 5.10 Å². The zero-order valence-electron chi connectivity index (χ0n) is 16.5. The smallest absolute Gasteiger partial charge is 0.252 e. The second-order valence-corrected chi connectivity index (χ2v) is 8.59. The molecule has 1 aliphatic heterocycles. The van der Waals surface area contributed by atoms with Gasteiger partial charge in [0.15, 0.2) is 5.37 Å². The van der Waals surface area contributed by atoms with E-state index in [0.29, 0.717) is 11.6 Å². The number of hydrogen-bond acceptors (Lipinski definition) is 6. The fraction of sp³-hybridized carbons (Fsp3) is 0.182. The highest BCUT2D eigenvalue weighted by atomic mass is 35.5. The van der Waals surface area contributed by atoms with E-state index in [1.54, 1.807) is 17.3 Å². The van der Waals surface area contributed by atoms with E-state index in [1.165, 1.54) is 11.8 Å². The molecule has 3 heterocycles. The first kappa shape index (κ1) is 20.4. The van der Waals surface area contributed by atoms with Crippen LogP contribution >= 0.6 is 23.4 Å². The highest BCUT2D eigenvalue weighted by molar-refractivity contribution is 8.15. The summed E-state index contributed by atoms with van der Waals surface area (Å²) in [5.41, 5.74) is 11.4. The molecule has 0 radical (unpaired) electrons. The molecule has 4 rings (SSSR count). The number of hydrazone groups is 1. The molecule has 1 aromatic carbocycles. The first-order valence-corrected chi connectivity index (χ1v) is 10.6. The highest BCUT2D eigenvalue weighted by Crippen LogP contribution is 2.32. The number of benzene rings is 1. The lowest BCUT2D eigenvalue weighted by Crippen LogP contribution is -2.36. The molecule has 0 saturated carbocycles. The number of carbonyl (C=O) groups is 1. The Morgan fingerprint density at radius 1 is 1.17 bits per heavy atom. The molecular weight excluding hydrogens is 418 g/mol. The summed E-state index contributed by atoms with van der Waals surface area (Å²) < 4.78 is 0. The molecule has 2 N–H and O–H groups in total. The predicted molar refractivity (Wildman–Crippen MR) is 121 cm³/mol. The number of aromatic nitrogens is 2. The van der Waals surface area contributed by atoms with Gasteiger partial charge in [0.2, 0.25) is 0 Å². The van der Waals surface area contributed by atoms with Crippen LogP contribution in [-0.2, 0) is 11.3 Å². The summed E-state index contributed by atoms with van der Waals surface area (Å²) in [5.74, 6) is -0.436. The van der Waals surface area contributed by atoms with Crippen LogP contribution in [0.4, 0.5) is 0 Å². The molecule has 1 unspecified atom stereocenters. The summed E-state index contributed by atoms with van der Waals surface area (Å²) in [7, 11) is 0. The Hall–Kier alpha value is -2.90. The molecule has 0 spiro atoms. The van der Waals surface area contributed by atoms with Crippen molar-refractivity contribution in [2.24, 2.45) is 10.8 Å². The van der Waals surface area contributed by atoms with E-state index in [4.69, 9.17) is 17.3 Å². The van der Waals surface area contributed by atoms with Crippen LogP contribution < -0.4 is 5.73 Å². The third-order valence-electron chi connectivity index (χ3n) is 4.68. The van der Waals surface area contributed by atoms with Gasteiger partial charge in [0.1, 0.15) is 5.04 Å². The summed E-state index contributed by atoms with van der Waals surface area (Å²) in [5, 5.41) is 7.09. The minimum absolute atomic E-state index is 0.425. The third kappa shape index (κ3) is 4.32. The molecule has 3 aromatic rings. The number of nitrogens with zero attached hydrogens (tertiary/aromatic N) is 4.